The molecule has 1 amide bonds. The third-order valence-electron chi connectivity index (χ3n) is 3.74. The van der Waals surface area contributed by atoms with E-state index in [1.165, 1.54) is 0 Å². The fraction of sp³-hybridized carbons (Fsp3) is 0.111. The number of hydrogen-bond donors (Lipinski definition) is 2. The number of carboxylic acids is 1. The number of rotatable bonds is 4. The van der Waals surface area contributed by atoms with Crippen molar-refractivity contribution in [1.29, 1.82) is 0 Å². The fourth-order valence-electron chi connectivity index (χ4n) is 2.60. The monoisotopic (exact) mass is 355 g/mol. The first-order chi connectivity index (χ1) is 12.0. The minimum absolute atomic E-state index is 0.293. The first kappa shape index (κ1) is 16.9. The van der Waals surface area contributed by atoms with E-state index >= 15 is 0 Å². The molecule has 1 aliphatic heterocycles. The van der Waals surface area contributed by atoms with Crippen molar-refractivity contribution in [2.75, 3.05) is 6.54 Å². The van der Waals surface area contributed by atoms with Crippen molar-refractivity contribution >= 4 is 34.5 Å². The largest absolute Gasteiger partial charge is 0.480 e. The zero-order valence-corrected chi connectivity index (χ0v) is 13.7. The molecule has 1 heterocycles. The number of aliphatic carboxylic acids is 1. The Bertz CT molecular complexity index is 878. The molecule has 6 nitrogen and oxygen atoms in total. The summed E-state index contributed by atoms with van der Waals surface area (Å²) in [6.45, 7) is -0.641. The first-order valence-electron chi connectivity index (χ1n) is 7.43. The van der Waals surface area contributed by atoms with E-state index in [1.54, 1.807) is 12.1 Å². The minimum atomic E-state index is -1.53. The van der Waals surface area contributed by atoms with Crippen LogP contribution in [0.4, 0.5) is 0 Å². The maximum atomic E-state index is 12.7. The Labute approximate surface area is 147 Å². The van der Waals surface area contributed by atoms with Crippen LogP contribution in [0.1, 0.15) is 10.4 Å². The number of fused-ring (bicyclic) bond motifs is 1. The number of nitrogens with one attached hydrogen (secondary N) is 1. The van der Waals surface area contributed by atoms with E-state index < -0.39 is 35.2 Å². The highest BCUT2D eigenvalue weighted by Gasteiger charge is 2.41. The van der Waals surface area contributed by atoms with Crippen LogP contribution >= 0.6 is 11.8 Å². The van der Waals surface area contributed by atoms with Gasteiger partial charge in [0.2, 0.25) is 11.0 Å². The first-order valence-corrected chi connectivity index (χ1v) is 8.24. The van der Waals surface area contributed by atoms with Gasteiger partial charge in [-0.2, -0.15) is 0 Å². The summed E-state index contributed by atoms with van der Waals surface area (Å²) in [4.78, 5) is 48.2. The Balaban J connectivity index is 1.97. The number of hydrogen-bond acceptors (Lipinski definition) is 5. The van der Waals surface area contributed by atoms with E-state index in [1.807, 2.05) is 36.4 Å². The van der Waals surface area contributed by atoms with Crippen LogP contribution in [0.2, 0.25) is 0 Å². The Kier molecular flexibility index (Phi) is 4.67. The topological polar surface area (TPSA) is 101 Å². The predicted octanol–water partition coefficient (Wildman–Crippen LogP) is 1.99. The van der Waals surface area contributed by atoms with Crippen LogP contribution in [-0.2, 0) is 14.4 Å². The Morgan fingerprint density at radius 1 is 1.00 bits per heavy atom. The number of carboxylic acid groups (broad SMARTS) is 1. The van der Waals surface area contributed by atoms with Crippen LogP contribution in [0.5, 0.6) is 0 Å². The summed E-state index contributed by atoms with van der Waals surface area (Å²) in [7, 11) is 0. The van der Waals surface area contributed by atoms with Crippen molar-refractivity contribution in [2.45, 2.75) is 4.90 Å². The Morgan fingerprint density at radius 3 is 2.36 bits per heavy atom. The summed E-state index contributed by atoms with van der Waals surface area (Å²) in [5.41, 5.74) is 1.90. The molecular weight excluding hydrogens is 342 g/mol. The molecule has 0 spiro atoms. The van der Waals surface area contributed by atoms with Gasteiger partial charge in [-0.05, 0) is 22.9 Å². The molecule has 1 atom stereocenters. The van der Waals surface area contributed by atoms with E-state index in [-0.39, 0.29) is 0 Å². The molecule has 7 heteroatoms. The molecule has 126 valence electrons. The number of benzene rings is 2. The zero-order valence-electron chi connectivity index (χ0n) is 12.9. The van der Waals surface area contributed by atoms with Crippen LogP contribution < -0.4 is 5.32 Å². The fourth-order valence-corrected chi connectivity index (χ4v) is 3.71. The summed E-state index contributed by atoms with van der Waals surface area (Å²) in [6.07, 6.45) is 0. The van der Waals surface area contributed by atoms with Crippen molar-refractivity contribution < 1.29 is 24.3 Å². The van der Waals surface area contributed by atoms with E-state index in [0.29, 0.717) is 10.5 Å². The van der Waals surface area contributed by atoms with Crippen molar-refractivity contribution in [1.82, 2.24) is 5.32 Å². The molecule has 0 bridgehead atoms. The van der Waals surface area contributed by atoms with E-state index in [9.17, 15) is 19.2 Å². The smallest absolute Gasteiger partial charge is 0.322 e. The molecule has 2 N–H and O–H groups in total. The second-order valence-corrected chi connectivity index (χ2v) is 6.39. The molecule has 0 saturated heterocycles. The lowest BCUT2D eigenvalue weighted by atomic mass is 9.94. The van der Waals surface area contributed by atoms with Crippen molar-refractivity contribution in [3.8, 4) is 11.1 Å². The van der Waals surface area contributed by atoms with Crippen molar-refractivity contribution in [3.63, 3.8) is 0 Å². The number of amides is 1. The molecule has 25 heavy (non-hydrogen) atoms. The van der Waals surface area contributed by atoms with Crippen LogP contribution in [0.15, 0.2) is 53.4 Å². The van der Waals surface area contributed by atoms with E-state index in [4.69, 9.17) is 5.11 Å². The molecule has 3 rings (SSSR count). The highest BCUT2D eigenvalue weighted by molar-refractivity contribution is 8.14. The van der Waals surface area contributed by atoms with Crippen LogP contribution in [0.25, 0.3) is 11.1 Å². The number of thioether (sulfide) groups is 1. The summed E-state index contributed by atoms with van der Waals surface area (Å²) in [5.74, 6) is -4.27. The van der Waals surface area contributed by atoms with E-state index in [0.717, 1.165) is 22.9 Å². The van der Waals surface area contributed by atoms with Crippen LogP contribution in [0, 0.1) is 5.92 Å². The number of Topliss-reactive ketones (excluding diaryl/α,β-unsaturated/α-hetero) is 1. The number of carbonyl (C=O) groups excluding carboxylic acids is 3. The molecule has 0 aromatic heterocycles. The number of carbonyl (C=O) groups is 4. The van der Waals surface area contributed by atoms with Gasteiger partial charge in [0.25, 0.3) is 0 Å². The zero-order chi connectivity index (χ0) is 18.0. The van der Waals surface area contributed by atoms with Crippen LogP contribution in [0.3, 0.4) is 0 Å². The molecule has 1 unspecified atom stereocenters. The van der Waals surface area contributed by atoms with Gasteiger partial charge in [-0.25, -0.2) is 0 Å². The second-order valence-electron chi connectivity index (χ2n) is 5.38. The van der Waals surface area contributed by atoms with Gasteiger partial charge < -0.3 is 10.4 Å². The van der Waals surface area contributed by atoms with Crippen molar-refractivity contribution in [3.05, 3.63) is 54.1 Å². The molecule has 0 fully saturated rings. The quantitative estimate of drug-likeness (QED) is 0.814. The average Bonchev–Trinajstić information content (AvgIpc) is 2.60. The molecule has 0 saturated carbocycles. The van der Waals surface area contributed by atoms with Gasteiger partial charge in [0, 0.05) is 10.5 Å². The Hall–Kier alpha value is -2.93. The second kappa shape index (κ2) is 6.90. The van der Waals surface area contributed by atoms with Crippen molar-refractivity contribution in [2.24, 2.45) is 5.92 Å². The molecule has 1 aliphatic rings. The SMILES string of the molecule is O=C(O)CNC(=O)C1C(=O)Sc2c(cccc2-c2ccccc2)C1=O. The molecule has 0 radical (unpaired) electrons. The highest BCUT2D eigenvalue weighted by Crippen LogP contribution is 2.40. The lowest BCUT2D eigenvalue weighted by Gasteiger charge is -2.22. The molecular formula is C18H13NO5S. The van der Waals surface area contributed by atoms with E-state index in [2.05, 4.69) is 5.32 Å². The Morgan fingerprint density at radius 2 is 1.68 bits per heavy atom. The average molecular weight is 355 g/mol. The third kappa shape index (κ3) is 3.32. The minimum Gasteiger partial charge on any atom is -0.480 e. The standard InChI is InChI=1S/C18H13NO5S/c20-13(21)9-19-17(23)14-15(22)12-8-4-7-11(16(12)25-18(14)24)10-5-2-1-3-6-10/h1-8,14H,9H2,(H,19,23)(H,20,21). The highest BCUT2D eigenvalue weighted by atomic mass is 32.2. The van der Waals surface area contributed by atoms with Gasteiger partial charge in [0.1, 0.15) is 6.54 Å². The van der Waals surface area contributed by atoms with Gasteiger partial charge in [-0.15, -0.1) is 0 Å². The van der Waals surface area contributed by atoms with Gasteiger partial charge in [0.05, 0.1) is 0 Å². The van der Waals surface area contributed by atoms with Crippen LogP contribution in [-0.4, -0.2) is 34.4 Å². The van der Waals surface area contributed by atoms with Gasteiger partial charge in [0.15, 0.2) is 11.7 Å². The maximum Gasteiger partial charge on any atom is 0.322 e. The molecule has 2 aromatic rings. The predicted molar refractivity (Wildman–Crippen MR) is 91.2 cm³/mol. The molecule has 0 aliphatic carbocycles. The summed E-state index contributed by atoms with van der Waals surface area (Å²) < 4.78 is 0. The number of ketones is 1. The third-order valence-corrected chi connectivity index (χ3v) is 4.82. The lowest BCUT2D eigenvalue weighted by Crippen LogP contribution is -2.43. The summed E-state index contributed by atoms with van der Waals surface area (Å²) in [6, 6.07) is 14.4. The summed E-state index contributed by atoms with van der Waals surface area (Å²) >= 11 is 0.840. The maximum absolute atomic E-state index is 12.7. The normalized spacial score (nSPS) is 16.2. The summed E-state index contributed by atoms with van der Waals surface area (Å²) in [5, 5.41) is 10.1. The lowest BCUT2D eigenvalue weighted by molar-refractivity contribution is -0.139. The van der Waals surface area contributed by atoms with Gasteiger partial charge in [-0.1, -0.05) is 48.5 Å². The van der Waals surface area contributed by atoms with Gasteiger partial charge in [-0.3, -0.25) is 19.2 Å². The molecule has 2 aromatic carbocycles. The van der Waals surface area contributed by atoms with Gasteiger partial charge >= 0.3 is 5.97 Å².